The van der Waals surface area contributed by atoms with Gasteiger partial charge in [-0.25, -0.2) is 8.42 Å². The minimum Gasteiger partial charge on any atom is -0.336 e. The summed E-state index contributed by atoms with van der Waals surface area (Å²) in [6.45, 7) is -0.536. The molecule has 8 nitrogen and oxygen atoms in total. The number of carbonyl (C=O) groups excluding carboxylic acids is 1. The van der Waals surface area contributed by atoms with E-state index in [-0.39, 0.29) is 16.5 Å². The Balaban J connectivity index is 1.70. The van der Waals surface area contributed by atoms with Crippen LogP contribution in [-0.2, 0) is 27.0 Å². The first kappa shape index (κ1) is 25.6. The summed E-state index contributed by atoms with van der Waals surface area (Å²) in [5.74, 6) is -0.678. The molecule has 192 valence electrons. The monoisotopic (exact) mass is 543 g/mol. The number of sulfone groups is 1. The summed E-state index contributed by atoms with van der Waals surface area (Å²) < 4.78 is 106. The van der Waals surface area contributed by atoms with Crippen LogP contribution in [0, 0.1) is 0 Å². The van der Waals surface area contributed by atoms with E-state index >= 15 is 0 Å². The average Bonchev–Trinajstić information content (AvgIpc) is 3.16. The topological polar surface area (TPSA) is 104 Å². The van der Waals surface area contributed by atoms with E-state index in [2.05, 4.69) is 20.8 Å². The maximum absolute atomic E-state index is 13.5. The molecular weight excluding hydrogens is 524 g/mol. The van der Waals surface area contributed by atoms with Crippen LogP contribution in [0.5, 0.6) is 0 Å². The van der Waals surface area contributed by atoms with Crippen LogP contribution in [0.25, 0.3) is 0 Å². The second-order valence-electron chi connectivity index (χ2n) is 8.27. The van der Waals surface area contributed by atoms with E-state index < -0.39 is 73.5 Å². The standard InChI is InChI=1S/C19H19F6N5O3S2/c1-26-17(6-7-17)27-14(31)12-8-10(9-30(12)16-29-28-15(34-16)19(23,24)25)35(32,33)13-5-3-2-4-11(13)18(20,21)22/h2-5,10,12,26H,6-9H2,1H3,(H,27,31). The summed E-state index contributed by atoms with van der Waals surface area (Å²) in [5.41, 5.74) is -2.08. The molecule has 1 saturated carbocycles. The number of alkyl halides is 6. The van der Waals surface area contributed by atoms with Gasteiger partial charge in [0.05, 0.1) is 21.4 Å². The Morgan fingerprint density at radius 1 is 1.11 bits per heavy atom. The largest absolute Gasteiger partial charge is 0.445 e. The van der Waals surface area contributed by atoms with E-state index in [4.69, 9.17) is 0 Å². The molecule has 1 aromatic carbocycles. The highest BCUT2D eigenvalue weighted by Gasteiger charge is 2.50. The van der Waals surface area contributed by atoms with Gasteiger partial charge in [0.2, 0.25) is 16.0 Å². The lowest BCUT2D eigenvalue weighted by atomic mass is 10.2. The van der Waals surface area contributed by atoms with Gasteiger partial charge in [0.1, 0.15) is 6.04 Å². The quantitative estimate of drug-likeness (QED) is 0.427. The number of benzene rings is 1. The van der Waals surface area contributed by atoms with Crippen molar-refractivity contribution in [3.63, 3.8) is 0 Å². The van der Waals surface area contributed by atoms with Gasteiger partial charge in [-0.05, 0) is 38.4 Å². The number of anilines is 1. The van der Waals surface area contributed by atoms with Crippen molar-refractivity contribution in [1.29, 1.82) is 0 Å². The molecule has 2 N–H and O–H groups in total. The predicted octanol–water partition coefficient (Wildman–Crippen LogP) is 2.82. The third-order valence-corrected chi connectivity index (χ3v) is 9.19. The fourth-order valence-corrected chi connectivity index (χ4v) is 6.62. The van der Waals surface area contributed by atoms with Crippen LogP contribution >= 0.6 is 11.3 Å². The Morgan fingerprint density at radius 2 is 1.77 bits per heavy atom. The van der Waals surface area contributed by atoms with Gasteiger partial charge < -0.3 is 10.2 Å². The van der Waals surface area contributed by atoms with Crippen molar-refractivity contribution in [3.05, 3.63) is 34.8 Å². The van der Waals surface area contributed by atoms with Gasteiger partial charge in [0.15, 0.2) is 9.84 Å². The molecule has 0 radical (unpaired) electrons. The number of halogens is 6. The third-order valence-electron chi connectivity index (χ3n) is 6.00. The van der Waals surface area contributed by atoms with Crippen LogP contribution in [-0.4, -0.2) is 55.1 Å². The molecule has 1 amide bonds. The van der Waals surface area contributed by atoms with Crippen LogP contribution in [0.15, 0.2) is 29.2 Å². The van der Waals surface area contributed by atoms with Gasteiger partial charge in [-0.2, -0.15) is 26.3 Å². The predicted molar refractivity (Wildman–Crippen MR) is 112 cm³/mol. The van der Waals surface area contributed by atoms with Crippen LogP contribution in [0.2, 0.25) is 0 Å². The van der Waals surface area contributed by atoms with E-state index in [0.29, 0.717) is 18.9 Å². The minimum absolute atomic E-state index is 0.122. The van der Waals surface area contributed by atoms with E-state index in [0.717, 1.165) is 23.1 Å². The number of carbonyl (C=O) groups is 1. The SMILES string of the molecule is CNC1(NC(=O)C2CC(S(=O)(=O)c3ccccc3C(F)(F)F)CN2c2nnc(C(F)(F)F)s2)CC1. The van der Waals surface area contributed by atoms with Crippen molar-refractivity contribution in [2.24, 2.45) is 0 Å². The highest BCUT2D eigenvalue weighted by atomic mass is 32.2. The van der Waals surface area contributed by atoms with E-state index in [1.807, 2.05) is 0 Å². The molecule has 4 rings (SSSR count). The third kappa shape index (κ3) is 4.95. The molecule has 2 unspecified atom stereocenters. The Hall–Kier alpha value is -2.46. The van der Waals surface area contributed by atoms with Crippen LogP contribution in [0.4, 0.5) is 31.5 Å². The molecule has 2 aromatic rings. The summed E-state index contributed by atoms with van der Waals surface area (Å²) in [4.78, 5) is 13.2. The fraction of sp³-hybridized carbons (Fsp3) is 0.526. The summed E-state index contributed by atoms with van der Waals surface area (Å²) in [6.07, 6.45) is -9.04. The molecule has 2 atom stereocenters. The Bertz CT molecular complexity index is 1230. The van der Waals surface area contributed by atoms with Crippen molar-refractivity contribution in [3.8, 4) is 0 Å². The first-order valence-electron chi connectivity index (χ1n) is 10.3. The summed E-state index contributed by atoms with van der Waals surface area (Å²) in [6, 6.07) is 2.36. The number of aromatic nitrogens is 2. The molecule has 35 heavy (non-hydrogen) atoms. The van der Waals surface area contributed by atoms with Crippen molar-refractivity contribution in [2.45, 2.75) is 53.5 Å². The molecule has 2 heterocycles. The second-order valence-corrected chi connectivity index (χ2v) is 11.4. The van der Waals surface area contributed by atoms with Crippen molar-refractivity contribution in [1.82, 2.24) is 20.8 Å². The number of hydrogen-bond acceptors (Lipinski definition) is 8. The van der Waals surface area contributed by atoms with Crippen LogP contribution in [0.1, 0.15) is 29.8 Å². The minimum atomic E-state index is -4.95. The lowest BCUT2D eigenvalue weighted by Crippen LogP contribution is -2.52. The lowest BCUT2D eigenvalue weighted by molar-refractivity contribution is -0.140. The normalized spacial score (nSPS) is 22.3. The van der Waals surface area contributed by atoms with Gasteiger partial charge in [0.25, 0.3) is 0 Å². The van der Waals surface area contributed by atoms with Crippen LogP contribution < -0.4 is 15.5 Å². The molecule has 1 saturated heterocycles. The van der Waals surface area contributed by atoms with Crippen molar-refractivity contribution < 1.29 is 39.6 Å². The number of hydrogen-bond donors (Lipinski definition) is 2. The van der Waals surface area contributed by atoms with Gasteiger partial charge in [0, 0.05) is 6.54 Å². The number of amides is 1. The summed E-state index contributed by atoms with van der Waals surface area (Å²) in [7, 11) is -3.04. The summed E-state index contributed by atoms with van der Waals surface area (Å²) in [5, 5.41) is 9.02. The Kier molecular flexibility index (Phi) is 6.29. The second kappa shape index (κ2) is 8.58. The van der Waals surface area contributed by atoms with Crippen LogP contribution in [0.3, 0.4) is 0 Å². The molecule has 2 fully saturated rings. The molecule has 1 aromatic heterocycles. The molecule has 2 aliphatic rings. The molecule has 1 aliphatic carbocycles. The number of rotatable bonds is 6. The van der Waals surface area contributed by atoms with Crippen molar-refractivity contribution in [2.75, 3.05) is 18.5 Å². The van der Waals surface area contributed by atoms with Gasteiger partial charge >= 0.3 is 12.4 Å². The zero-order valence-electron chi connectivity index (χ0n) is 17.9. The van der Waals surface area contributed by atoms with Gasteiger partial charge in [-0.15, -0.1) is 10.2 Å². The Labute approximate surface area is 199 Å². The van der Waals surface area contributed by atoms with Gasteiger partial charge in [-0.3, -0.25) is 10.1 Å². The molecule has 1 aliphatic heterocycles. The average molecular weight is 544 g/mol. The molecule has 16 heteroatoms. The number of nitrogens with one attached hydrogen (secondary N) is 2. The zero-order valence-corrected chi connectivity index (χ0v) is 19.6. The summed E-state index contributed by atoms with van der Waals surface area (Å²) >= 11 is 0.122. The first-order valence-corrected chi connectivity index (χ1v) is 12.6. The molecular formula is C19H19F6N5O3S2. The van der Waals surface area contributed by atoms with Crippen molar-refractivity contribution >= 4 is 32.2 Å². The maximum atomic E-state index is 13.5. The molecule has 0 spiro atoms. The van der Waals surface area contributed by atoms with E-state index in [1.54, 1.807) is 7.05 Å². The van der Waals surface area contributed by atoms with E-state index in [9.17, 15) is 39.6 Å². The fourth-order valence-electron chi connectivity index (χ4n) is 3.94. The zero-order chi connectivity index (χ0) is 25.8. The molecule has 0 bridgehead atoms. The highest BCUT2D eigenvalue weighted by molar-refractivity contribution is 7.92. The highest BCUT2D eigenvalue weighted by Crippen LogP contribution is 2.41. The lowest BCUT2D eigenvalue weighted by Gasteiger charge is -2.25. The van der Waals surface area contributed by atoms with Gasteiger partial charge in [-0.1, -0.05) is 23.5 Å². The van der Waals surface area contributed by atoms with E-state index in [1.165, 1.54) is 0 Å². The smallest absolute Gasteiger partial charge is 0.336 e. The first-order chi connectivity index (χ1) is 16.2. The number of nitrogens with zero attached hydrogens (tertiary/aromatic N) is 3. The Morgan fingerprint density at radius 3 is 2.31 bits per heavy atom. The maximum Gasteiger partial charge on any atom is 0.445 e.